The summed E-state index contributed by atoms with van der Waals surface area (Å²) in [5.41, 5.74) is -0.524. The average molecular weight is 223 g/mol. The summed E-state index contributed by atoms with van der Waals surface area (Å²) in [6.07, 6.45) is -0.752. The van der Waals surface area contributed by atoms with Gasteiger partial charge in [-0.15, -0.1) is 0 Å². The fraction of sp³-hybridized carbons (Fsp3) is 0.125. The minimum absolute atomic E-state index is 0.524. The first-order valence-corrected chi connectivity index (χ1v) is 3.88. The van der Waals surface area contributed by atoms with Crippen LogP contribution < -0.4 is 0 Å². The molecular weight excluding hydrogens is 218 g/mol. The second-order valence-electron chi connectivity index (χ2n) is 2.55. The van der Waals surface area contributed by atoms with E-state index in [1.807, 2.05) is 0 Å². The predicted molar refractivity (Wildman–Crippen MR) is 44.4 cm³/mol. The van der Waals surface area contributed by atoms with Gasteiger partial charge in [0.05, 0.1) is 6.42 Å². The highest BCUT2D eigenvalue weighted by atomic mass is 35.5. The summed E-state index contributed by atoms with van der Waals surface area (Å²) in [6.45, 7) is 0. The Morgan fingerprint density at radius 3 is 2.57 bits per heavy atom. The summed E-state index contributed by atoms with van der Waals surface area (Å²) in [7, 11) is 0. The Bertz CT molecular complexity index is 393. The van der Waals surface area contributed by atoms with Crippen LogP contribution in [0.25, 0.3) is 0 Å². The standard InChI is InChI=1S/C8H5ClF2O3/c9-7-4(10)2-5(12)3(8(7)11)1-6(13)14/h2,12H,1H2,(H,13,14). The highest BCUT2D eigenvalue weighted by Gasteiger charge is 2.18. The topological polar surface area (TPSA) is 57.5 Å². The van der Waals surface area contributed by atoms with Crippen molar-refractivity contribution in [1.82, 2.24) is 0 Å². The van der Waals surface area contributed by atoms with Crippen LogP contribution in [0, 0.1) is 11.6 Å². The third-order valence-corrected chi connectivity index (χ3v) is 1.91. The van der Waals surface area contributed by atoms with Gasteiger partial charge in [0.2, 0.25) is 0 Å². The van der Waals surface area contributed by atoms with Crippen LogP contribution in [0.2, 0.25) is 5.02 Å². The van der Waals surface area contributed by atoms with E-state index in [0.29, 0.717) is 6.07 Å². The summed E-state index contributed by atoms with van der Waals surface area (Å²) in [5.74, 6) is -4.48. The summed E-state index contributed by atoms with van der Waals surface area (Å²) in [4.78, 5) is 10.3. The fourth-order valence-corrected chi connectivity index (χ4v) is 1.11. The zero-order valence-electron chi connectivity index (χ0n) is 6.72. The van der Waals surface area contributed by atoms with E-state index in [1.165, 1.54) is 0 Å². The molecular formula is C8H5ClF2O3. The molecule has 0 aromatic heterocycles. The van der Waals surface area contributed by atoms with Gasteiger partial charge < -0.3 is 10.2 Å². The van der Waals surface area contributed by atoms with E-state index >= 15 is 0 Å². The predicted octanol–water partition coefficient (Wildman–Crippen LogP) is 1.95. The number of hydrogen-bond donors (Lipinski definition) is 2. The molecule has 0 amide bonds. The molecule has 1 rings (SSSR count). The summed E-state index contributed by atoms with van der Waals surface area (Å²) in [6, 6.07) is 0.573. The van der Waals surface area contributed by atoms with Gasteiger partial charge in [0.25, 0.3) is 0 Å². The minimum Gasteiger partial charge on any atom is -0.507 e. The van der Waals surface area contributed by atoms with Gasteiger partial charge in [0.15, 0.2) is 5.82 Å². The Hall–Kier alpha value is -1.36. The molecule has 0 aliphatic rings. The van der Waals surface area contributed by atoms with Crippen LogP contribution in [0.5, 0.6) is 5.75 Å². The number of aliphatic carboxylic acids is 1. The Balaban J connectivity index is 3.29. The van der Waals surface area contributed by atoms with Crippen LogP contribution >= 0.6 is 11.6 Å². The molecule has 0 spiro atoms. The van der Waals surface area contributed by atoms with Gasteiger partial charge in [0.1, 0.15) is 16.6 Å². The fourth-order valence-electron chi connectivity index (χ4n) is 0.940. The van der Waals surface area contributed by atoms with Crippen LogP contribution in [0.4, 0.5) is 8.78 Å². The quantitative estimate of drug-likeness (QED) is 0.752. The zero-order chi connectivity index (χ0) is 10.9. The molecule has 0 fully saturated rings. The molecule has 0 aliphatic heterocycles. The monoisotopic (exact) mass is 222 g/mol. The maximum Gasteiger partial charge on any atom is 0.308 e. The number of phenolic OH excluding ortho intramolecular Hbond substituents is 1. The number of rotatable bonds is 2. The van der Waals surface area contributed by atoms with Crippen molar-refractivity contribution in [1.29, 1.82) is 0 Å². The van der Waals surface area contributed by atoms with E-state index in [0.717, 1.165) is 0 Å². The Labute approximate surface area is 82.5 Å². The van der Waals surface area contributed by atoms with E-state index in [1.54, 1.807) is 0 Å². The van der Waals surface area contributed by atoms with Crippen molar-refractivity contribution in [3.63, 3.8) is 0 Å². The Morgan fingerprint density at radius 2 is 2.07 bits per heavy atom. The smallest absolute Gasteiger partial charge is 0.308 e. The van der Waals surface area contributed by atoms with Crippen molar-refractivity contribution in [2.24, 2.45) is 0 Å². The van der Waals surface area contributed by atoms with Crippen molar-refractivity contribution >= 4 is 17.6 Å². The van der Waals surface area contributed by atoms with E-state index in [4.69, 9.17) is 21.8 Å². The summed E-state index contributed by atoms with van der Waals surface area (Å²) < 4.78 is 25.8. The molecule has 6 heteroatoms. The lowest BCUT2D eigenvalue weighted by molar-refractivity contribution is -0.136. The second-order valence-corrected chi connectivity index (χ2v) is 2.93. The Morgan fingerprint density at radius 1 is 1.50 bits per heavy atom. The van der Waals surface area contributed by atoms with Crippen molar-refractivity contribution in [2.45, 2.75) is 6.42 Å². The van der Waals surface area contributed by atoms with Crippen LogP contribution in [0.15, 0.2) is 6.07 Å². The molecule has 1 aromatic rings. The lowest BCUT2D eigenvalue weighted by Crippen LogP contribution is -2.04. The SMILES string of the molecule is O=C(O)Cc1c(O)cc(F)c(Cl)c1F. The van der Waals surface area contributed by atoms with Gasteiger partial charge in [0, 0.05) is 11.6 Å². The summed E-state index contributed by atoms with van der Waals surface area (Å²) in [5, 5.41) is 16.6. The number of carbonyl (C=O) groups is 1. The molecule has 14 heavy (non-hydrogen) atoms. The molecule has 0 bridgehead atoms. The molecule has 0 unspecified atom stereocenters. The number of phenols is 1. The number of hydrogen-bond acceptors (Lipinski definition) is 2. The van der Waals surface area contributed by atoms with Crippen LogP contribution in [0.3, 0.4) is 0 Å². The first-order chi connectivity index (χ1) is 6.43. The molecule has 0 saturated heterocycles. The molecule has 76 valence electrons. The van der Waals surface area contributed by atoms with Gasteiger partial charge in [-0.2, -0.15) is 0 Å². The molecule has 0 radical (unpaired) electrons. The van der Waals surface area contributed by atoms with Crippen molar-refractivity contribution < 1.29 is 23.8 Å². The first kappa shape index (κ1) is 10.7. The molecule has 0 saturated carbocycles. The van der Waals surface area contributed by atoms with Gasteiger partial charge in [-0.3, -0.25) is 4.79 Å². The van der Waals surface area contributed by atoms with Gasteiger partial charge in [-0.1, -0.05) is 11.6 Å². The molecule has 1 aromatic carbocycles. The third-order valence-electron chi connectivity index (χ3n) is 1.57. The van der Waals surface area contributed by atoms with E-state index in [9.17, 15) is 13.6 Å². The van der Waals surface area contributed by atoms with Gasteiger partial charge in [-0.05, 0) is 0 Å². The lowest BCUT2D eigenvalue weighted by Gasteiger charge is -2.05. The number of aromatic hydroxyl groups is 1. The van der Waals surface area contributed by atoms with Crippen molar-refractivity contribution in [2.75, 3.05) is 0 Å². The molecule has 0 atom stereocenters. The molecule has 0 heterocycles. The second kappa shape index (κ2) is 3.79. The number of benzene rings is 1. The van der Waals surface area contributed by atoms with E-state index in [-0.39, 0.29) is 0 Å². The molecule has 0 aliphatic carbocycles. The minimum atomic E-state index is -1.35. The highest BCUT2D eigenvalue weighted by Crippen LogP contribution is 2.29. The molecule has 2 N–H and O–H groups in total. The lowest BCUT2D eigenvalue weighted by atomic mass is 10.1. The van der Waals surface area contributed by atoms with Crippen LogP contribution in [0.1, 0.15) is 5.56 Å². The first-order valence-electron chi connectivity index (χ1n) is 3.50. The summed E-state index contributed by atoms with van der Waals surface area (Å²) >= 11 is 5.18. The normalized spacial score (nSPS) is 10.2. The zero-order valence-corrected chi connectivity index (χ0v) is 7.48. The maximum absolute atomic E-state index is 13.1. The maximum atomic E-state index is 13.1. The number of carboxylic acids is 1. The number of carboxylic acid groups (broad SMARTS) is 1. The van der Waals surface area contributed by atoms with Crippen molar-refractivity contribution in [3.8, 4) is 5.75 Å². The average Bonchev–Trinajstić information content (AvgIpc) is 2.09. The Kier molecular flexibility index (Phi) is 2.90. The van der Waals surface area contributed by atoms with Gasteiger partial charge >= 0.3 is 5.97 Å². The van der Waals surface area contributed by atoms with Crippen LogP contribution in [-0.2, 0) is 11.2 Å². The van der Waals surface area contributed by atoms with E-state index < -0.39 is 40.4 Å². The van der Waals surface area contributed by atoms with Crippen molar-refractivity contribution in [3.05, 3.63) is 28.3 Å². The third kappa shape index (κ3) is 1.93. The van der Waals surface area contributed by atoms with Gasteiger partial charge in [-0.25, -0.2) is 8.78 Å². The van der Waals surface area contributed by atoms with E-state index in [2.05, 4.69) is 0 Å². The number of halogens is 3. The highest BCUT2D eigenvalue weighted by molar-refractivity contribution is 6.31. The molecule has 3 nitrogen and oxygen atoms in total. The van der Waals surface area contributed by atoms with Crippen LogP contribution in [-0.4, -0.2) is 16.2 Å². The largest absolute Gasteiger partial charge is 0.507 e.